The minimum absolute atomic E-state index is 0.502. The maximum atomic E-state index is 4.67. The van der Waals surface area contributed by atoms with Crippen LogP contribution in [0.1, 0.15) is 18.9 Å². The highest BCUT2D eigenvalue weighted by Crippen LogP contribution is 2.21. The first-order valence-electron chi connectivity index (χ1n) is 6.79. The third-order valence-electron chi connectivity index (χ3n) is 3.22. The lowest BCUT2D eigenvalue weighted by molar-refractivity contribution is 0.288. The Kier molecular flexibility index (Phi) is 4.91. The van der Waals surface area contributed by atoms with Crippen LogP contribution in [0.4, 0.5) is 0 Å². The van der Waals surface area contributed by atoms with E-state index in [0.717, 1.165) is 18.6 Å². The predicted octanol–water partition coefficient (Wildman–Crippen LogP) is 2.97. The van der Waals surface area contributed by atoms with E-state index < -0.39 is 0 Å². The summed E-state index contributed by atoms with van der Waals surface area (Å²) in [6.45, 7) is 6.44. The molecular formula is C15H23N3S. The van der Waals surface area contributed by atoms with Crippen LogP contribution in [-0.2, 0) is 6.54 Å². The van der Waals surface area contributed by atoms with E-state index in [1.165, 1.54) is 9.71 Å². The summed E-state index contributed by atoms with van der Waals surface area (Å²) in [6, 6.07) is 8.83. The third-order valence-corrected chi connectivity index (χ3v) is 4.26. The van der Waals surface area contributed by atoms with Crippen LogP contribution < -0.4 is 5.32 Å². The van der Waals surface area contributed by atoms with Gasteiger partial charge in [-0.1, -0.05) is 26.0 Å². The average Bonchev–Trinajstić information content (AvgIpc) is 2.76. The maximum absolute atomic E-state index is 4.67. The number of hydrogen-bond acceptors (Lipinski definition) is 4. The highest BCUT2D eigenvalue weighted by Gasteiger charge is 2.14. The van der Waals surface area contributed by atoms with Gasteiger partial charge in [0.2, 0.25) is 0 Å². The number of para-hydroxylation sites is 1. The number of aromatic nitrogens is 1. The summed E-state index contributed by atoms with van der Waals surface area (Å²) in [4.78, 5) is 6.90. The highest BCUT2D eigenvalue weighted by molar-refractivity contribution is 7.18. The van der Waals surface area contributed by atoms with Gasteiger partial charge < -0.3 is 10.2 Å². The second-order valence-electron chi connectivity index (χ2n) is 5.57. The lowest BCUT2D eigenvalue weighted by Gasteiger charge is -2.25. The van der Waals surface area contributed by atoms with Gasteiger partial charge in [-0.3, -0.25) is 0 Å². The Balaban J connectivity index is 2.00. The molecule has 2 rings (SSSR count). The molecule has 1 atom stereocenters. The predicted molar refractivity (Wildman–Crippen MR) is 83.6 cm³/mol. The summed E-state index contributed by atoms with van der Waals surface area (Å²) in [7, 11) is 4.24. The first-order valence-corrected chi connectivity index (χ1v) is 7.60. The summed E-state index contributed by atoms with van der Waals surface area (Å²) in [5.74, 6) is 0.622. The van der Waals surface area contributed by atoms with Gasteiger partial charge in [0.15, 0.2) is 0 Å². The fraction of sp³-hybridized carbons (Fsp3) is 0.533. The zero-order valence-electron chi connectivity index (χ0n) is 12.2. The van der Waals surface area contributed by atoms with Gasteiger partial charge in [0.1, 0.15) is 5.01 Å². The van der Waals surface area contributed by atoms with Crippen LogP contribution in [0, 0.1) is 5.92 Å². The molecule has 3 nitrogen and oxygen atoms in total. The Hall–Kier alpha value is -0.970. The highest BCUT2D eigenvalue weighted by atomic mass is 32.1. The third kappa shape index (κ3) is 4.00. The number of benzene rings is 1. The largest absolute Gasteiger partial charge is 0.308 e. The molecule has 0 aliphatic carbocycles. The standard InChI is InChI=1S/C15H23N3S/c1-11(2)13(10-18(3)4)16-9-15-17-12-7-5-6-8-14(12)19-15/h5-8,11,13,16H,9-10H2,1-4H3. The van der Waals surface area contributed by atoms with E-state index in [9.17, 15) is 0 Å². The number of nitrogens with zero attached hydrogens (tertiary/aromatic N) is 2. The number of rotatable bonds is 6. The molecule has 4 heteroatoms. The normalized spacial score (nSPS) is 13.6. The smallest absolute Gasteiger partial charge is 0.108 e. The molecule has 1 aromatic heterocycles. The topological polar surface area (TPSA) is 28.2 Å². The molecule has 0 radical (unpaired) electrons. The SMILES string of the molecule is CC(C)C(CN(C)C)NCc1nc2ccccc2s1. The summed E-state index contributed by atoms with van der Waals surface area (Å²) < 4.78 is 1.27. The molecule has 0 aliphatic rings. The number of likely N-dealkylation sites (N-methyl/N-ethyl adjacent to an activating group) is 1. The van der Waals surface area contributed by atoms with E-state index in [1.807, 2.05) is 6.07 Å². The Morgan fingerprint density at radius 1 is 1.26 bits per heavy atom. The van der Waals surface area contributed by atoms with Crippen LogP contribution >= 0.6 is 11.3 Å². The molecule has 0 fully saturated rings. The fourth-order valence-electron chi connectivity index (χ4n) is 2.12. The minimum Gasteiger partial charge on any atom is -0.308 e. The van der Waals surface area contributed by atoms with Gasteiger partial charge >= 0.3 is 0 Å². The molecule has 1 heterocycles. The molecular weight excluding hydrogens is 254 g/mol. The van der Waals surface area contributed by atoms with Crippen LogP contribution in [-0.4, -0.2) is 36.6 Å². The molecule has 104 valence electrons. The van der Waals surface area contributed by atoms with Crippen molar-refractivity contribution in [2.75, 3.05) is 20.6 Å². The van der Waals surface area contributed by atoms with Gasteiger partial charge in [-0.05, 0) is 32.1 Å². The van der Waals surface area contributed by atoms with Crippen molar-refractivity contribution in [1.29, 1.82) is 0 Å². The first-order chi connectivity index (χ1) is 9.06. The number of nitrogens with one attached hydrogen (secondary N) is 1. The van der Waals surface area contributed by atoms with Crippen LogP contribution in [0.2, 0.25) is 0 Å². The Bertz CT molecular complexity index is 486. The van der Waals surface area contributed by atoms with Gasteiger partial charge in [-0.25, -0.2) is 4.98 Å². The average molecular weight is 277 g/mol. The summed E-state index contributed by atoms with van der Waals surface area (Å²) in [5, 5.41) is 4.81. The molecule has 0 spiro atoms. The minimum atomic E-state index is 0.502. The van der Waals surface area contributed by atoms with Gasteiger partial charge in [-0.2, -0.15) is 0 Å². The Labute approximate surface area is 119 Å². The van der Waals surface area contributed by atoms with Gasteiger partial charge in [0, 0.05) is 19.1 Å². The Morgan fingerprint density at radius 3 is 2.63 bits per heavy atom. The van der Waals surface area contributed by atoms with Crippen molar-refractivity contribution in [3.63, 3.8) is 0 Å². The van der Waals surface area contributed by atoms with E-state index in [-0.39, 0.29) is 0 Å². The zero-order valence-corrected chi connectivity index (χ0v) is 13.0. The molecule has 1 unspecified atom stereocenters. The monoisotopic (exact) mass is 277 g/mol. The summed E-state index contributed by atoms with van der Waals surface area (Å²) >= 11 is 1.78. The number of thiazole rings is 1. The van der Waals surface area contributed by atoms with Crippen molar-refractivity contribution < 1.29 is 0 Å². The molecule has 0 aliphatic heterocycles. The number of hydrogen-bond donors (Lipinski definition) is 1. The van der Waals surface area contributed by atoms with Crippen molar-refractivity contribution in [3.05, 3.63) is 29.3 Å². The quantitative estimate of drug-likeness (QED) is 0.880. The van der Waals surface area contributed by atoms with Crippen molar-refractivity contribution in [3.8, 4) is 0 Å². The second-order valence-corrected chi connectivity index (χ2v) is 6.68. The molecule has 0 amide bonds. The molecule has 1 N–H and O–H groups in total. The van der Waals surface area contributed by atoms with Crippen LogP contribution in [0.25, 0.3) is 10.2 Å². The number of fused-ring (bicyclic) bond motifs is 1. The van der Waals surface area contributed by atoms with Crippen LogP contribution in [0.15, 0.2) is 24.3 Å². The fourth-order valence-corrected chi connectivity index (χ4v) is 3.04. The lowest BCUT2D eigenvalue weighted by atomic mass is 10.0. The van der Waals surface area contributed by atoms with Gasteiger partial charge in [-0.15, -0.1) is 11.3 Å². The van der Waals surface area contributed by atoms with Gasteiger partial charge in [0.25, 0.3) is 0 Å². The maximum Gasteiger partial charge on any atom is 0.108 e. The Morgan fingerprint density at radius 2 is 2.00 bits per heavy atom. The van der Waals surface area contributed by atoms with Crippen LogP contribution in [0.5, 0.6) is 0 Å². The molecule has 1 aromatic carbocycles. The molecule has 0 saturated carbocycles. The molecule has 19 heavy (non-hydrogen) atoms. The first kappa shape index (κ1) is 14.4. The van der Waals surface area contributed by atoms with E-state index in [1.54, 1.807) is 11.3 Å². The van der Waals surface area contributed by atoms with Crippen molar-refractivity contribution >= 4 is 21.6 Å². The van der Waals surface area contributed by atoms with Crippen molar-refractivity contribution in [2.24, 2.45) is 5.92 Å². The van der Waals surface area contributed by atoms with E-state index in [4.69, 9.17) is 0 Å². The van der Waals surface area contributed by atoms with Crippen LogP contribution in [0.3, 0.4) is 0 Å². The van der Waals surface area contributed by atoms with E-state index >= 15 is 0 Å². The van der Waals surface area contributed by atoms with E-state index in [0.29, 0.717) is 12.0 Å². The molecule has 0 bridgehead atoms. The molecule has 0 saturated heterocycles. The second kappa shape index (κ2) is 6.46. The zero-order chi connectivity index (χ0) is 13.8. The lowest BCUT2D eigenvalue weighted by Crippen LogP contribution is -2.41. The molecule has 2 aromatic rings. The van der Waals surface area contributed by atoms with Gasteiger partial charge in [0.05, 0.1) is 10.2 Å². The summed E-state index contributed by atoms with van der Waals surface area (Å²) in [6.07, 6.45) is 0. The summed E-state index contributed by atoms with van der Waals surface area (Å²) in [5.41, 5.74) is 1.11. The van der Waals surface area contributed by atoms with E-state index in [2.05, 4.69) is 61.3 Å². The van der Waals surface area contributed by atoms with Crippen molar-refractivity contribution in [1.82, 2.24) is 15.2 Å². The van der Waals surface area contributed by atoms with Crippen molar-refractivity contribution in [2.45, 2.75) is 26.4 Å².